The van der Waals surface area contributed by atoms with Crippen LogP contribution in [0.1, 0.15) is 15.9 Å². The maximum absolute atomic E-state index is 12.8. The lowest BCUT2D eigenvalue weighted by Gasteiger charge is -2.13. The fourth-order valence-corrected chi connectivity index (χ4v) is 3.73. The minimum Gasteiger partial charge on any atom is -0.495 e. The summed E-state index contributed by atoms with van der Waals surface area (Å²) < 4.78 is 33.3. The molecule has 0 aromatic heterocycles. The predicted octanol–water partition coefficient (Wildman–Crippen LogP) is 4.06. The highest BCUT2D eigenvalue weighted by Gasteiger charge is 2.18. The summed E-state index contributed by atoms with van der Waals surface area (Å²) in [6, 6.07) is 20.0. The van der Waals surface area contributed by atoms with E-state index < -0.39 is 10.0 Å². The number of methoxy groups -OCH3 is 1. The van der Waals surface area contributed by atoms with Gasteiger partial charge in [-0.25, -0.2) is 8.42 Å². The summed E-state index contributed by atoms with van der Waals surface area (Å²) in [6.07, 6.45) is 0. The third kappa shape index (κ3) is 4.50. The molecule has 0 aliphatic heterocycles. The van der Waals surface area contributed by atoms with E-state index in [-0.39, 0.29) is 16.5 Å². The Bertz CT molecular complexity index is 1100. The summed E-state index contributed by atoms with van der Waals surface area (Å²) in [5.41, 5.74) is 2.12. The maximum atomic E-state index is 12.8. The topological polar surface area (TPSA) is 84.5 Å². The summed E-state index contributed by atoms with van der Waals surface area (Å²) in [5.74, 6) is -0.00104. The van der Waals surface area contributed by atoms with Gasteiger partial charge in [-0.1, -0.05) is 30.3 Å². The minimum atomic E-state index is -3.83. The van der Waals surface area contributed by atoms with Crippen molar-refractivity contribution in [1.29, 1.82) is 0 Å². The number of carbonyl (C=O) groups excluding carboxylic acids is 1. The highest BCUT2D eigenvalue weighted by atomic mass is 32.2. The van der Waals surface area contributed by atoms with E-state index in [4.69, 9.17) is 4.74 Å². The van der Waals surface area contributed by atoms with Crippen molar-refractivity contribution in [2.45, 2.75) is 11.8 Å². The molecule has 0 bridgehead atoms. The number of nitrogens with one attached hydrogen (secondary N) is 2. The summed E-state index contributed by atoms with van der Waals surface area (Å²) in [4.78, 5) is 12.5. The Labute approximate surface area is 164 Å². The second-order valence-electron chi connectivity index (χ2n) is 6.16. The number of ether oxygens (including phenoxy) is 1. The molecule has 0 saturated carbocycles. The average molecular weight is 396 g/mol. The van der Waals surface area contributed by atoms with Crippen molar-refractivity contribution in [3.8, 4) is 5.75 Å². The molecule has 144 valence electrons. The van der Waals surface area contributed by atoms with Crippen molar-refractivity contribution < 1.29 is 17.9 Å². The second kappa shape index (κ2) is 8.14. The molecule has 1 amide bonds. The van der Waals surface area contributed by atoms with E-state index >= 15 is 0 Å². The van der Waals surface area contributed by atoms with Crippen LogP contribution in [-0.2, 0) is 10.0 Å². The van der Waals surface area contributed by atoms with Crippen LogP contribution < -0.4 is 14.8 Å². The lowest BCUT2D eigenvalue weighted by atomic mass is 10.2. The molecular weight excluding hydrogens is 376 g/mol. The monoisotopic (exact) mass is 396 g/mol. The zero-order valence-corrected chi connectivity index (χ0v) is 16.3. The van der Waals surface area contributed by atoms with Gasteiger partial charge in [0.25, 0.3) is 15.9 Å². The van der Waals surface area contributed by atoms with Gasteiger partial charge in [-0.2, -0.15) is 0 Å². The molecule has 28 heavy (non-hydrogen) atoms. The van der Waals surface area contributed by atoms with E-state index in [1.807, 2.05) is 19.1 Å². The molecule has 0 atom stereocenters. The molecule has 0 aliphatic rings. The van der Waals surface area contributed by atoms with E-state index in [1.54, 1.807) is 42.5 Å². The van der Waals surface area contributed by atoms with Crippen molar-refractivity contribution in [2.75, 3.05) is 17.1 Å². The van der Waals surface area contributed by atoms with Gasteiger partial charge in [0, 0.05) is 11.3 Å². The quantitative estimate of drug-likeness (QED) is 0.658. The first kappa shape index (κ1) is 19.4. The van der Waals surface area contributed by atoms with E-state index in [9.17, 15) is 13.2 Å². The largest absolute Gasteiger partial charge is 0.495 e. The van der Waals surface area contributed by atoms with Crippen LogP contribution in [0.4, 0.5) is 11.4 Å². The van der Waals surface area contributed by atoms with Gasteiger partial charge in [0.1, 0.15) is 5.75 Å². The van der Waals surface area contributed by atoms with Crippen LogP contribution in [0.25, 0.3) is 0 Å². The number of benzene rings is 3. The standard InChI is InChI=1S/C21H20N2O4S/c1-15-7-6-10-17(13-15)23-28(25,26)18-11-12-20(27-2)19(14-18)22-21(24)16-8-4-3-5-9-16/h3-14,23H,1-2H3,(H,22,24). The number of anilines is 2. The van der Waals surface area contributed by atoms with Gasteiger partial charge in [0.05, 0.1) is 17.7 Å². The Morgan fingerprint density at radius 2 is 1.68 bits per heavy atom. The maximum Gasteiger partial charge on any atom is 0.261 e. The first-order valence-corrected chi connectivity index (χ1v) is 10.0. The Morgan fingerprint density at radius 3 is 2.36 bits per heavy atom. The number of rotatable bonds is 6. The lowest BCUT2D eigenvalue weighted by molar-refractivity contribution is 0.102. The van der Waals surface area contributed by atoms with Crippen molar-refractivity contribution in [1.82, 2.24) is 0 Å². The SMILES string of the molecule is COc1ccc(S(=O)(=O)Nc2cccc(C)c2)cc1NC(=O)c1ccccc1. The van der Waals surface area contributed by atoms with Crippen LogP contribution in [0.2, 0.25) is 0 Å². The normalized spacial score (nSPS) is 10.9. The lowest BCUT2D eigenvalue weighted by Crippen LogP contribution is -2.15. The summed E-state index contributed by atoms with van der Waals surface area (Å²) in [5, 5.41) is 2.71. The molecule has 0 unspecified atom stereocenters. The molecule has 0 spiro atoms. The van der Waals surface area contributed by atoms with E-state index in [0.717, 1.165) is 5.56 Å². The van der Waals surface area contributed by atoms with E-state index in [1.165, 1.54) is 25.3 Å². The molecule has 0 fully saturated rings. The first-order valence-electron chi connectivity index (χ1n) is 8.53. The van der Waals surface area contributed by atoms with Crippen LogP contribution in [0.15, 0.2) is 77.7 Å². The summed E-state index contributed by atoms with van der Waals surface area (Å²) in [6.45, 7) is 1.88. The van der Waals surface area contributed by atoms with Gasteiger partial charge >= 0.3 is 0 Å². The van der Waals surface area contributed by atoms with Crippen molar-refractivity contribution in [3.63, 3.8) is 0 Å². The van der Waals surface area contributed by atoms with Crippen molar-refractivity contribution in [2.24, 2.45) is 0 Å². The van der Waals surface area contributed by atoms with Crippen LogP contribution in [0.5, 0.6) is 5.75 Å². The first-order chi connectivity index (χ1) is 13.4. The fourth-order valence-electron chi connectivity index (χ4n) is 2.66. The highest BCUT2D eigenvalue weighted by Crippen LogP contribution is 2.29. The molecule has 0 heterocycles. The zero-order chi connectivity index (χ0) is 20.1. The molecule has 3 aromatic carbocycles. The second-order valence-corrected chi connectivity index (χ2v) is 7.84. The molecule has 7 heteroatoms. The third-order valence-electron chi connectivity index (χ3n) is 4.04. The molecule has 6 nitrogen and oxygen atoms in total. The third-order valence-corrected chi connectivity index (χ3v) is 5.41. The molecule has 0 radical (unpaired) electrons. The molecule has 3 rings (SSSR count). The number of aryl methyl sites for hydroxylation is 1. The Morgan fingerprint density at radius 1 is 0.929 bits per heavy atom. The molecule has 3 aromatic rings. The number of sulfonamides is 1. The average Bonchev–Trinajstić information content (AvgIpc) is 2.68. The number of carbonyl (C=O) groups is 1. The zero-order valence-electron chi connectivity index (χ0n) is 15.5. The number of hydrogen-bond acceptors (Lipinski definition) is 4. The number of hydrogen-bond donors (Lipinski definition) is 2. The summed E-state index contributed by atoms with van der Waals surface area (Å²) >= 11 is 0. The molecule has 2 N–H and O–H groups in total. The van der Waals surface area contributed by atoms with Gasteiger partial charge in [-0.15, -0.1) is 0 Å². The van der Waals surface area contributed by atoms with Gasteiger partial charge in [0.2, 0.25) is 0 Å². The van der Waals surface area contributed by atoms with Gasteiger partial charge in [-0.3, -0.25) is 9.52 Å². The minimum absolute atomic E-state index is 0.0122. The Hall–Kier alpha value is -3.32. The van der Waals surface area contributed by atoms with Crippen molar-refractivity contribution in [3.05, 3.63) is 83.9 Å². The van der Waals surface area contributed by atoms with Crippen molar-refractivity contribution >= 4 is 27.3 Å². The van der Waals surface area contributed by atoms with Gasteiger partial charge in [0.15, 0.2) is 0 Å². The predicted molar refractivity (Wildman–Crippen MR) is 109 cm³/mol. The van der Waals surface area contributed by atoms with E-state index in [2.05, 4.69) is 10.0 Å². The fraction of sp³-hybridized carbons (Fsp3) is 0.0952. The Kier molecular flexibility index (Phi) is 5.65. The van der Waals surface area contributed by atoms with Crippen LogP contribution in [0, 0.1) is 6.92 Å². The van der Waals surface area contributed by atoms with E-state index in [0.29, 0.717) is 17.0 Å². The van der Waals surface area contributed by atoms with Gasteiger partial charge < -0.3 is 10.1 Å². The Balaban J connectivity index is 1.90. The molecule has 0 saturated heterocycles. The number of amides is 1. The smallest absolute Gasteiger partial charge is 0.261 e. The van der Waals surface area contributed by atoms with Crippen LogP contribution in [-0.4, -0.2) is 21.4 Å². The molecule has 0 aliphatic carbocycles. The summed E-state index contributed by atoms with van der Waals surface area (Å²) in [7, 11) is -2.38. The van der Waals surface area contributed by atoms with Crippen LogP contribution >= 0.6 is 0 Å². The molecular formula is C21H20N2O4S. The van der Waals surface area contributed by atoms with Crippen LogP contribution in [0.3, 0.4) is 0 Å². The highest BCUT2D eigenvalue weighted by molar-refractivity contribution is 7.92. The van der Waals surface area contributed by atoms with Gasteiger partial charge in [-0.05, 0) is 55.0 Å².